The van der Waals surface area contributed by atoms with E-state index in [-0.39, 0.29) is 18.4 Å². The topological polar surface area (TPSA) is 40.5 Å². The van der Waals surface area contributed by atoms with Crippen LogP contribution in [0.5, 0.6) is 0 Å². The van der Waals surface area contributed by atoms with E-state index in [1.54, 1.807) is 0 Å². The maximum Gasteiger partial charge on any atom is 0.225 e. The summed E-state index contributed by atoms with van der Waals surface area (Å²) >= 11 is 0. The standard InChI is InChI=1S/C18H23NO2/c1-19(18(21)17-7-3-2-4-8-17)14-16-11-9-15(10-12-16)6-5-13-20/h9-12,17,20H,2-4,7-8,13-14H2,1H3. The van der Waals surface area contributed by atoms with Crippen molar-refractivity contribution in [3.05, 3.63) is 35.4 Å². The maximum atomic E-state index is 12.4. The zero-order valence-electron chi connectivity index (χ0n) is 12.6. The summed E-state index contributed by atoms with van der Waals surface area (Å²) < 4.78 is 0. The lowest BCUT2D eigenvalue weighted by Gasteiger charge is -2.26. The van der Waals surface area contributed by atoms with Gasteiger partial charge in [-0.3, -0.25) is 4.79 Å². The van der Waals surface area contributed by atoms with Gasteiger partial charge in [-0.05, 0) is 30.5 Å². The van der Waals surface area contributed by atoms with Gasteiger partial charge in [-0.1, -0.05) is 43.2 Å². The highest BCUT2D eigenvalue weighted by Gasteiger charge is 2.23. The highest BCUT2D eigenvalue weighted by Crippen LogP contribution is 2.25. The number of amides is 1. The lowest BCUT2D eigenvalue weighted by molar-refractivity contribution is -0.135. The smallest absolute Gasteiger partial charge is 0.225 e. The van der Waals surface area contributed by atoms with E-state index in [1.807, 2.05) is 36.2 Å². The predicted molar refractivity (Wildman–Crippen MR) is 83.5 cm³/mol. The maximum absolute atomic E-state index is 12.4. The molecule has 1 aromatic rings. The molecular weight excluding hydrogens is 262 g/mol. The first-order chi connectivity index (χ1) is 10.2. The Morgan fingerprint density at radius 3 is 2.52 bits per heavy atom. The number of carbonyl (C=O) groups excluding carboxylic acids is 1. The molecule has 0 spiro atoms. The summed E-state index contributed by atoms with van der Waals surface area (Å²) in [6, 6.07) is 7.84. The van der Waals surface area contributed by atoms with Crippen LogP contribution < -0.4 is 0 Å². The van der Waals surface area contributed by atoms with Crippen molar-refractivity contribution in [1.82, 2.24) is 4.90 Å². The van der Waals surface area contributed by atoms with Crippen LogP contribution in [-0.4, -0.2) is 29.6 Å². The van der Waals surface area contributed by atoms with Gasteiger partial charge in [0.2, 0.25) is 5.91 Å². The highest BCUT2D eigenvalue weighted by molar-refractivity contribution is 5.78. The highest BCUT2D eigenvalue weighted by atomic mass is 16.2. The van der Waals surface area contributed by atoms with E-state index in [4.69, 9.17) is 5.11 Å². The molecule has 1 N–H and O–H groups in total. The fourth-order valence-corrected chi connectivity index (χ4v) is 2.85. The number of benzene rings is 1. The zero-order valence-corrected chi connectivity index (χ0v) is 12.6. The summed E-state index contributed by atoms with van der Waals surface area (Å²) in [5, 5.41) is 8.67. The SMILES string of the molecule is CN(Cc1ccc(C#CCO)cc1)C(=O)C1CCCCC1. The molecule has 1 saturated carbocycles. The van der Waals surface area contributed by atoms with E-state index in [2.05, 4.69) is 11.8 Å². The van der Waals surface area contributed by atoms with Gasteiger partial charge in [0.15, 0.2) is 0 Å². The summed E-state index contributed by atoms with van der Waals surface area (Å²) in [5.74, 6) is 5.99. The average Bonchev–Trinajstić information content (AvgIpc) is 2.54. The lowest BCUT2D eigenvalue weighted by Crippen LogP contribution is -2.33. The van der Waals surface area contributed by atoms with E-state index >= 15 is 0 Å². The molecule has 0 atom stereocenters. The van der Waals surface area contributed by atoms with Crippen LogP contribution in [0.15, 0.2) is 24.3 Å². The molecule has 112 valence electrons. The van der Waals surface area contributed by atoms with Crippen LogP contribution in [0.2, 0.25) is 0 Å². The van der Waals surface area contributed by atoms with Crippen LogP contribution >= 0.6 is 0 Å². The van der Waals surface area contributed by atoms with Crippen LogP contribution in [0, 0.1) is 17.8 Å². The summed E-state index contributed by atoms with van der Waals surface area (Å²) in [7, 11) is 1.89. The van der Waals surface area contributed by atoms with E-state index in [0.29, 0.717) is 6.54 Å². The molecule has 0 aliphatic heterocycles. The Kier molecular flexibility index (Phi) is 5.83. The number of aliphatic hydroxyl groups excluding tert-OH is 1. The number of rotatable bonds is 3. The molecule has 3 nitrogen and oxygen atoms in total. The molecule has 0 bridgehead atoms. The molecule has 21 heavy (non-hydrogen) atoms. The van der Waals surface area contributed by atoms with Gasteiger partial charge < -0.3 is 10.0 Å². The van der Waals surface area contributed by atoms with Gasteiger partial charge in [-0.15, -0.1) is 0 Å². The zero-order chi connectivity index (χ0) is 15.1. The Morgan fingerprint density at radius 1 is 1.24 bits per heavy atom. The van der Waals surface area contributed by atoms with Crippen molar-refractivity contribution in [1.29, 1.82) is 0 Å². The Labute approximate surface area is 127 Å². The second-order valence-corrected chi connectivity index (χ2v) is 5.69. The van der Waals surface area contributed by atoms with Gasteiger partial charge in [0.1, 0.15) is 6.61 Å². The Bertz CT molecular complexity index is 518. The second kappa shape index (κ2) is 7.85. The van der Waals surface area contributed by atoms with Crippen molar-refractivity contribution < 1.29 is 9.90 Å². The van der Waals surface area contributed by atoms with Crippen LogP contribution in [-0.2, 0) is 11.3 Å². The van der Waals surface area contributed by atoms with E-state index < -0.39 is 0 Å². The quantitative estimate of drug-likeness (QED) is 0.867. The summed E-state index contributed by atoms with van der Waals surface area (Å²) in [4.78, 5) is 14.2. The molecule has 1 aromatic carbocycles. The van der Waals surface area contributed by atoms with E-state index in [0.717, 1.165) is 24.0 Å². The van der Waals surface area contributed by atoms with Crippen LogP contribution in [0.1, 0.15) is 43.2 Å². The molecule has 0 radical (unpaired) electrons. The Morgan fingerprint density at radius 2 is 1.90 bits per heavy atom. The van der Waals surface area contributed by atoms with Gasteiger partial charge in [0, 0.05) is 25.1 Å². The first-order valence-electron chi connectivity index (χ1n) is 7.64. The van der Waals surface area contributed by atoms with Gasteiger partial charge in [0.25, 0.3) is 0 Å². The minimum atomic E-state index is -0.125. The van der Waals surface area contributed by atoms with Gasteiger partial charge in [0.05, 0.1) is 0 Å². The third-order valence-electron chi connectivity index (χ3n) is 4.02. The van der Waals surface area contributed by atoms with Crippen molar-refractivity contribution >= 4 is 5.91 Å². The second-order valence-electron chi connectivity index (χ2n) is 5.69. The molecule has 1 aliphatic carbocycles. The Hall–Kier alpha value is -1.79. The average molecular weight is 285 g/mol. The van der Waals surface area contributed by atoms with Crippen molar-refractivity contribution in [2.24, 2.45) is 5.92 Å². The van der Waals surface area contributed by atoms with Crippen LogP contribution in [0.4, 0.5) is 0 Å². The van der Waals surface area contributed by atoms with Crippen molar-refractivity contribution in [2.75, 3.05) is 13.7 Å². The van der Waals surface area contributed by atoms with Crippen LogP contribution in [0.3, 0.4) is 0 Å². The normalized spacial score (nSPS) is 15.1. The molecule has 1 fully saturated rings. The minimum absolute atomic E-state index is 0.125. The van der Waals surface area contributed by atoms with Gasteiger partial charge in [-0.2, -0.15) is 0 Å². The third kappa shape index (κ3) is 4.61. The summed E-state index contributed by atoms with van der Waals surface area (Å²) in [5.41, 5.74) is 1.99. The largest absolute Gasteiger partial charge is 0.384 e. The van der Waals surface area contributed by atoms with Crippen molar-refractivity contribution in [3.63, 3.8) is 0 Å². The Balaban J connectivity index is 1.92. The molecule has 0 aromatic heterocycles. The number of hydrogen-bond acceptors (Lipinski definition) is 2. The van der Waals surface area contributed by atoms with Crippen LogP contribution in [0.25, 0.3) is 0 Å². The molecule has 0 saturated heterocycles. The molecule has 0 heterocycles. The first kappa shape index (κ1) is 15.6. The van der Waals surface area contributed by atoms with Gasteiger partial charge in [-0.25, -0.2) is 0 Å². The van der Waals surface area contributed by atoms with E-state index in [9.17, 15) is 4.79 Å². The van der Waals surface area contributed by atoms with E-state index in [1.165, 1.54) is 19.3 Å². The number of aliphatic hydroxyl groups is 1. The van der Waals surface area contributed by atoms with Crippen molar-refractivity contribution in [2.45, 2.75) is 38.6 Å². The third-order valence-corrected chi connectivity index (χ3v) is 4.02. The monoisotopic (exact) mass is 285 g/mol. The predicted octanol–water partition coefficient (Wildman–Crippen LogP) is 2.57. The molecule has 2 rings (SSSR count). The molecule has 0 unspecified atom stereocenters. The number of carbonyl (C=O) groups is 1. The van der Waals surface area contributed by atoms with Crippen molar-refractivity contribution in [3.8, 4) is 11.8 Å². The molecule has 3 heteroatoms. The lowest BCUT2D eigenvalue weighted by atomic mass is 9.88. The molecule has 1 amide bonds. The molecular formula is C18H23NO2. The molecule has 1 aliphatic rings. The minimum Gasteiger partial charge on any atom is -0.384 e. The summed E-state index contributed by atoms with van der Waals surface area (Å²) in [6.07, 6.45) is 5.71. The fraction of sp³-hybridized carbons (Fsp3) is 0.500. The number of hydrogen-bond donors (Lipinski definition) is 1. The summed E-state index contributed by atoms with van der Waals surface area (Å²) in [6.45, 7) is 0.517. The number of nitrogens with zero attached hydrogens (tertiary/aromatic N) is 1. The first-order valence-corrected chi connectivity index (χ1v) is 7.64. The fourth-order valence-electron chi connectivity index (χ4n) is 2.85. The van der Waals surface area contributed by atoms with Gasteiger partial charge >= 0.3 is 0 Å².